The van der Waals surface area contributed by atoms with E-state index in [2.05, 4.69) is 4.98 Å². The molecule has 0 radical (unpaired) electrons. The van der Waals surface area contributed by atoms with Crippen molar-refractivity contribution in [2.75, 3.05) is 0 Å². The van der Waals surface area contributed by atoms with Crippen LogP contribution in [-0.4, -0.2) is 16.1 Å². The molecule has 1 heterocycles. The van der Waals surface area contributed by atoms with Crippen LogP contribution in [-0.2, 0) is 17.8 Å². The van der Waals surface area contributed by atoms with E-state index >= 15 is 0 Å². The van der Waals surface area contributed by atoms with Crippen molar-refractivity contribution in [1.29, 1.82) is 0 Å². The summed E-state index contributed by atoms with van der Waals surface area (Å²) in [6, 6.07) is 17.5. The smallest absolute Gasteiger partial charge is 0.309 e. The molecule has 1 aromatic heterocycles. The molecule has 0 spiro atoms. The van der Waals surface area contributed by atoms with E-state index < -0.39 is 5.97 Å². The molecule has 0 atom stereocenters. The summed E-state index contributed by atoms with van der Waals surface area (Å²) < 4.78 is 5.83. The Morgan fingerprint density at radius 1 is 1.13 bits per heavy atom. The highest BCUT2D eigenvalue weighted by molar-refractivity contribution is 5.84. The Balaban J connectivity index is 1.84. The van der Waals surface area contributed by atoms with E-state index in [1.54, 1.807) is 0 Å². The van der Waals surface area contributed by atoms with Gasteiger partial charge in [-0.2, -0.15) is 0 Å². The summed E-state index contributed by atoms with van der Waals surface area (Å²) >= 11 is 0. The van der Waals surface area contributed by atoms with E-state index in [-0.39, 0.29) is 6.42 Å². The fourth-order valence-electron chi connectivity index (χ4n) is 2.52. The second-order valence-electron chi connectivity index (χ2n) is 5.45. The van der Waals surface area contributed by atoms with Crippen LogP contribution in [0.4, 0.5) is 0 Å². The number of benzene rings is 2. The summed E-state index contributed by atoms with van der Waals surface area (Å²) in [6.45, 7) is 2.46. The second kappa shape index (κ2) is 6.48. The quantitative estimate of drug-likeness (QED) is 0.780. The Kier molecular flexibility index (Phi) is 4.24. The van der Waals surface area contributed by atoms with Crippen LogP contribution < -0.4 is 4.74 Å². The van der Waals surface area contributed by atoms with Gasteiger partial charge in [0.15, 0.2) is 0 Å². The molecule has 0 amide bonds. The topological polar surface area (TPSA) is 59.4 Å². The molecule has 0 fully saturated rings. The van der Waals surface area contributed by atoms with Crippen molar-refractivity contribution in [1.82, 2.24) is 4.98 Å². The van der Waals surface area contributed by atoms with Crippen molar-refractivity contribution in [3.63, 3.8) is 0 Å². The van der Waals surface area contributed by atoms with Gasteiger partial charge in [-0.1, -0.05) is 30.3 Å². The maximum atomic E-state index is 10.8. The molecule has 4 heteroatoms. The third-order valence-electron chi connectivity index (χ3n) is 3.62. The van der Waals surface area contributed by atoms with Crippen LogP contribution in [0.15, 0.2) is 54.6 Å². The fourth-order valence-corrected chi connectivity index (χ4v) is 2.52. The number of pyridine rings is 1. The minimum atomic E-state index is -0.876. The summed E-state index contributed by atoms with van der Waals surface area (Å²) in [5.74, 6) is -0.101. The van der Waals surface area contributed by atoms with Crippen LogP contribution >= 0.6 is 0 Å². The molecule has 1 N–H and O–H groups in total. The first-order valence-corrected chi connectivity index (χ1v) is 7.40. The highest BCUT2D eigenvalue weighted by Crippen LogP contribution is 2.24. The van der Waals surface area contributed by atoms with Crippen LogP contribution in [0.3, 0.4) is 0 Å². The number of aromatic nitrogens is 1. The molecule has 116 valence electrons. The number of carboxylic acids is 1. The van der Waals surface area contributed by atoms with Gasteiger partial charge in [-0.05, 0) is 42.3 Å². The van der Waals surface area contributed by atoms with Gasteiger partial charge in [0, 0.05) is 5.39 Å². The number of hydrogen-bond acceptors (Lipinski definition) is 3. The molecule has 0 saturated carbocycles. The Hall–Kier alpha value is -2.88. The Bertz CT molecular complexity index is 844. The third kappa shape index (κ3) is 3.66. The molecule has 2 aromatic carbocycles. The number of fused-ring (bicyclic) bond motifs is 1. The fraction of sp³-hybridized carbons (Fsp3) is 0.158. The molecular weight excluding hydrogens is 290 g/mol. The monoisotopic (exact) mass is 307 g/mol. The number of carboxylic acid groups (broad SMARTS) is 1. The van der Waals surface area contributed by atoms with Gasteiger partial charge in [0.1, 0.15) is 12.4 Å². The van der Waals surface area contributed by atoms with Gasteiger partial charge in [0.05, 0.1) is 17.6 Å². The number of rotatable bonds is 5. The van der Waals surface area contributed by atoms with Crippen molar-refractivity contribution < 1.29 is 14.6 Å². The highest BCUT2D eigenvalue weighted by Gasteiger charge is 2.07. The van der Waals surface area contributed by atoms with Crippen molar-refractivity contribution in [2.24, 2.45) is 0 Å². The molecule has 0 aliphatic heterocycles. The van der Waals surface area contributed by atoms with Crippen LogP contribution in [0.1, 0.15) is 16.8 Å². The van der Waals surface area contributed by atoms with Gasteiger partial charge in [0.2, 0.25) is 0 Å². The number of nitrogens with zero attached hydrogens (tertiary/aromatic N) is 1. The minimum absolute atomic E-state index is 0.0664. The summed E-state index contributed by atoms with van der Waals surface area (Å²) in [5, 5.41) is 9.87. The van der Waals surface area contributed by atoms with Gasteiger partial charge in [-0.3, -0.25) is 9.78 Å². The maximum absolute atomic E-state index is 10.8. The van der Waals surface area contributed by atoms with Crippen LogP contribution in [0.25, 0.3) is 10.9 Å². The normalized spacial score (nSPS) is 10.7. The first-order valence-electron chi connectivity index (χ1n) is 7.40. The molecule has 23 heavy (non-hydrogen) atoms. The summed E-state index contributed by atoms with van der Waals surface area (Å²) in [5.41, 5.74) is 3.46. The zero-order valence-corrected chi connectivity index (χ0v) is 12.8. The second-order valence-corrected chi connectivity index (χ2v) is 5.45. The number of aryl methyl sites for hydroxylation is 1. The Morgan fingerprint density at radius 3 is 2.65 bits per heavy atom. The first kappa shape index (κ1) is 15.0. The number of ether oxygens (including phenoxy) is 1. The molecular formula is C19H17NO3. The van der Waals surface area contributed by atoms with Crippen molar-refractivity contribution in [2.45, 2.75) is 20.0 Å². The zero-order valence-electron chi connectivity index (χ0n) is 12.8. The van der Waals surface area contributed by atoms with Crippen molar-refractivity contribution >= 4 is 16.9 Å². The lowest BCUT2D eigenvalue weighted by molar-refractivity contribution is -0.136. The third-order valence-corrected chi connectivity index (χ3v) is 3.62. The average molecular weight is 307 g/mol. The summed E-state index contributed by atoms with van der Waals surface area (Å²) in [6.07, 6.45) is -0.0664. The van der Waals surface area contributed by atoms with Crippen molar-refractivity contribution in [3.05, 3.63) is 71.4 Å². The van der Waals surface area contributed by atoms with Gasteiger partial charge < -0.3 is 9.84 Å². The average Bonchev–Trinajstić information content (AvgIpc) is 2.53. The van der Waals surface area contributed by atoms with Crippen LogP contribution in [0, 0.1) is 6.92 Å². The Morgan fingerprint density at radius 2 is 1.91 bits per heavy atom. The van der Waals surface area contributed by atoms with Crippen LogP contribution in [0.2, 0.25) is 0 Å². The molecule has 0 unspecified atom stereocenters. The van der Waals surface area contributed by atoms with Gasteiger partial charge in [0.25, 0.3) is 0 Å². The number of aliphatic carboxylic acids is 1. The molecule has 3 aromatic rings. The van der Waals surface area contributed by atoms with E-state index in [1.807, 2.05) is 61.5 Å². The van der Waals surface area contributed by atoms with E-state index in [9.17, 15) is 4.79 Å². The SMILES string of the molecule is Cc1cc(CC(=O)O)nc2ccc(OCc3ccccc3)cc12. The molecule has 0 aliphatic carbocycles. The maximum Gasteiger partial charge on any atom is 0.309 e. The van der Waals surface area contributed by atoms with Crippen molar-refractivity contribution in [3.8, 4) is 5.75 Å². The predicted molar refractivity (Wildman–Crippen MR) is 88.6 cm³/mol. The Labute approximate surface area is 134 Å². The van der Waals surface area contributed by atoms with Crippen LogP contribution in [0.5, 0.6) is 5.75 Å². The minimum Gasteiger partial charge on any atom is -0.489 e. The first-order chi connectivity index (χ1) is 11.1. The molecule has 3 rings (SSSR count). The van der Waals surface area contributed by atoms with Gasteiger partial charge in [-0.25, -0.2) is 0 Å². The molecule has 0 aliphatic rings. The summed E-state index contributed by atoms with van der Waals surface area (Å²) in [4.78, 5) is 15.2. The number of hydrogen-bond donors (Lipinski definition) is 1. The van der Waals surface area contributed by atoms with E-state index in [0.717, 1.165) is 27.8 Å². The predicted octanol–water partition coefficient (Wildman–Crippen LogP) is 3.75. The van der Waals surface area contributed by atoms with E-state index in [4.69, 9.17) is 9.84 Å². The molecule has 0 bridgehead atoms. The summed E-state index contributed by atoms with van der Waals surface area (Å²) in [7, 11) is 0. The largest absolute Gasteiger partial charge is 0.489 e. The lowest BCUT2D eigenvalue weighted by Crippen LogP contribution is -2.03. The lowest BCUT2D eigenvalue weighted by Gasteiger charge is -2.09. The van der Waals surface area contributed by atoms with Gasteiger partial charge in [-0.15, -0.1) is 0 Å². The van der Waals surface area contributed by atoms with E-state index in [0.29, 0.717) is 12.3 Å². The van der Waals surface area contributed by atoms with E-state index in [1.165, 1.54) is 0 Å². The van der Waals surface area contributed by atoms with Gasteiger partial charge >= 0.3 is 5.97 Å². The lowest BCUT2D eigenvalue weighted by atomic mass is 10.1. The molecule has 0 saturated heterocycles. The molecule has 4 nitrogen and oxygen atoms in total. The highest BCUT2D eigenvalue weighted by atomic mass is 16.5. The zero-order chi connectivity index (χ0) is 16.2. The standard InChI is InChI=1S/C19H17NO3/c1-13-9-15(10-19(21)22)20-18-8-7-16(11-17(13)18)23-12-14-5-3-2-4-6-14/h2-9,11H,10,12H2,1H3,(H,21,22). The number of carbonyl (C=O) groups is 1.